The van der Waals surface area contributed by atoms with Gasteiger partial charge in [0.25, 0.3) is 5.91 Å². The van der Waals surface area contributed by atoms with E-state index >= 15 is 0 Å². The fourth-order valence-corrected chi connectivity index (χ4v) is 2.44. The number of amides is 1. The topological polar surface area (TPSA) is 20.3 Å². The Labute approximate surface area is 82.8 Å². The van der Waals surface area contributed by atoms with Crippen molar-refractivity contribution < 1.29 is 4.79 Å². The molecule has 1 aromatic carbocycles. The number of hydrogen-bond acceptors (Lipinski definition) is 1. The molecule has 0 spiro atoms. The zero-order valence-corrected chi connectivity index (χ0v) is 7.86. The van der Waals surface area contributed by atoms with Crippen LogP contribution in [0.15, 0.2) is 36.4 Å². The number of rotatable bonds is 0. The van der Waals surface area contributed by atoms with Gasteiger partial charge in [0, 0.05) is 17.3 Å². The molecule has 0 radical (unpaired) electrons. The van der Waals surface area contributed by atoms with Crippen LogP contribution in [0.2, 0.25) is 0 Å². The zero-order chi connectivity index (χ0) is 9.71. The molecule has 1 saturated heterocycles. The lowest BCUT2D eigenvalue weighted by Gasteiger charge is -2.15. The van der Waals surface area contributed by atoms with Gasteiger partial charge < -0.3 is 4.90 Å². The van der Waals surface area contributed by atoms with E-state index < -0.39 is 0 Å². The number of nitrogens with zero attached hydrogens (tertiary/aromatic N) is 1. The molecule has 0 saturated carbocycles. The first kappa shape index (κ1) is 7.80. The lowest BCUT2D eigenvalue weighted by molar-refractivity contribution is -0.114. The molecule has 0 bridgehead atoms. The smallest absolute Gasteiger partial charge is 0.253 e. The van der Waals surface area contributed by atoms with Gasteiger partial charge in [0.2, 0.25) is 0 Å². The molecule has 1 fully saturated rings. The van der Waals surface area contributed by atoms with E-state index in [0.29, 0.717) is 6.04 Å². The van der Waals surface area contributed by atoms with Gasteiger partial charge in [-0.15, -0.1) is 0 Å². The monoisotopic (exact) mass is 185 g/mol. The Bertz CT molecular complexity index is 436. The average Bonchev–Trinajstić information content (AvgIpc) is 2.65. The number of fused-ring (bicyclic) bond motifs is 3. The van der Waals surface area contributed by atoms with Crippen molar-refractivity contribution >= 4 is 11.6 Å². The Morgan fingerprint density at radius 1 is 1.29 bits per heavy atom. The second kappa shape index (κ2) is 2.47. The molecule has 2 aliphatic rings. The number of anilines is 1. The van der Waals surface area contributed by atoms with Crippen LogP contribution < -0.4 is 4.90 Å². The number of benzene rings is 1. The van der Waals surface area contributed by atoms with Crippen LogP contribution in [0.1, 0.15) is 12.0 Å². The van der Waals surface area contributed by atoms with Crippen molar-refractivity contribution in [2.24, 2.45) is 0 Å². The second-order valence-electron chi connectivity index (χ2n) is 3.97. The number of para-hydroxylation sites is 1. The SMILES string of the molecule is C=C1C[C@@H]2Cc3ccccc3N2C1=O. The summed E-state index contributed by atoms with van der Waals surface area (Å²) >= 11 is 0. The van der Waals surface area contributed by atoms with Crippen LogP contribution in [0.4, 0.5) is 5.69 Å². The summed E-state index contributed by atoms with van der Waals surface area (Å²) < 4.78 is 0. The number of carbonyl (C=O) groups is 1. The van der Waals surface area contributed by atoms with E-state index in [-0.39, 0.29) is 5.91 Å². The first-order valence-corrected chi connectivity index (χ1v) is 4.86. The molecule has 14 heavy (non-hydrogen) atoms. The molecule has 0 aromatic heterocycles. The van der Waals surface area contributed by atoms with Gasteiger partial charge in [0.1, 0.15) is 0 Å². The lowest BCUT2D eigenvalue weighted by atomic mass is 10.1. The van der Waals surface area contributed by atoms with E-state index in [4.69, 9.17) is 0 Å². The Balaban J connectivity index is 2.13. The lowest BCUT2D eigenvalue weighted by Crippen LogP contribution is -2.28. The molecule has 1 amide bonds. The van der Waals surface area contributed by atoms with Gasteiger partial charge in [-0.05, 0) is 24.5 Å². The molecule has 0 N–H and O–H groups in total. The van der Waals surface area contributed by atoms with Gasteiger partial charge >= 0.3 is 0 Å². The summed E-state index contributed by atoms with van der Waals surface area (Å²) in [5, 5.41) is 0. The normalized spacial score (nSPS) is 24.0. The molecule has 2 nitrogen and oxygen atoms in total. The minimum atomic E-state index is 0.111. The van der Waals surface area contributed by atoms with Crippen molar-refractivity contribution in [1.29, 1.82) is 0 Å². The molecule has 1 atom stereocenters. The summed E-state index contributed by atoms with van der Waals surface area (Å²) in [4.78, 5) is 13.7. The maximum absolute atomic E-state index is 11.8. The highest BCUT2D eigenvalue weighted by molar-refractivity contribution is 6.09. The van der Waals surface area contributed by atoms with E-state index in [1.165, 1.54) is 5.56 Å². The first-order chi connectivity index (χ1) is 6.77. The Hall–Kier alpha value is -1.57. The van der Waals surface area contributed by atoms with Crippen molar-refractivity contribution in [2.45, 2.75) is 18.9 Å². The van der Waals surface area contributed by atoms with Gasteiger partial charge in [0.15, 0.2) is 0 Å². The van der Waals surface area contributed by atoms with E-state index in [1.807, 2.05) is 23.1 Å². The third kappa shape index (κ3) is 0.830. The second-order valence-corrected chi connectivity index (χ2v) is 3.97. The summed E-state index contributed by atoms with van der Waals surface area (Å²) in [6, 6.07) is 8.47. The third-order valence-corrected chi connectivity index (χ3v) is 3.08. The van der Waals surface area contributed by atoms with Crippen LogP contribution in [0.3, 0.4) is 0 Å². The largest absolute Gasteiger partial charge is 0.305 e. The zero-order valence-electron chi connectivity index (χ0n) is 7.86. The van der Waals surface area contributed by atoms with Crippen LogP contribution in [-0.2, 0) is 11.2 Å². The van der Waals surface area contributed by atoms with Crippen LogP contribution in [0, 0.1) is 0 Å². The molecule has 2 heteroatoms. The number of carbonyl (C=O) groups excluding carboxylic acids is 1. The Morgan fingerprint density at radius 3 is 2.93 bits per heavy atom. The molecule has 2 aliphatic heterocycles. The van der Waals surface area contributed by atoms with Crippen molar-refractivity contribution in [3.8, 4) is 0 Å². The number of hydrogen-bond donors (Lipinski definition) is 0. The van der Waals surface area contributed by atoms with Gasteiger partial charge in [-0.2, -0.15) is 0 Å². The van der Waals surface area contributed by atoms with E-state index in [9.17, 15) is 4.79 Å². The van der Waals surface area contributed by atoms with E-state index in [1.54, 1.807) is 0 Å². The van der Waals surface area contributed by atoms with Gasteiger partial charge in [-0.25, -0.2) is 0 Å². The maximum atomic E-state index is 11.8. The van der Waals surface area contributed by atoms with E-state index in [2.05, 4.69) is 12.6 Å². The summed E-state index contributed by atoms with van der Waals surface area (Å²) in [5.41, 5.74) is 3.13. The highest BCUT2D eigenvalue weighted by atomic mass is 16.2. The standard InChI is InChI=1S/C12H11NO/c1-8-6-10-7-9-4-2-3-5-11(9)13(10)12(8)14/h2-5,10H,1,6-7H2/t10-/m1/s1. The predicted molar refractivity (Wildman–Crippen MR) is 55.2 cm³/mol. The summed E-state index contributed by atoms with van der Waals surface area (Å²) in [7, 11) is 0. The molecule has 0 aliphatic carbocycles. The van der Waals surface area contributed by atoms with E-state index in [0.717, 1.165) is 24.1 Å². The van der Waals surface area contributed by atoms with Crippen molar-refractivity contribution in [3.63, 3.8) is 0 Å². The maximum Gasteiger partial charge on any atom is 0.253 e. The minimum Gasteiger partial charge on any atom is -0.305 e. The molecule has 3 rings (SSSR count). The van der Waals surface area contributed by atoms with Gasteiger partial charge in [0.05, 0.1) is 0 Å². The van der Waals surface area contributed by atoms with Crippen molar-refractivity contribution in [3.05, 3.63) is 42.0 Å². The van der Waals surface area contributed by atoms with Crippen LogP contribution in [0.25, 0.3) is 0 Å². The quantitative estimate of drug-likeness (QED) is 0.565. The van der Waals surface area contributed by atoms with Crippen molar-refractivity contribution in [2.75, 3.05) is 4.90 Å². The van der Waals surface area contributed by atoms with Gasteiger partial charge in [-0.3, -0.25) is 4.79 Å². The summed E-state index contributed by atoms with van der Waals surface area (Å²) in [5.74, 6) is 0.111. The fourth-order valence-electron chi connectivity index (χ4n) is 2.44. The predicted octanol–water partition coefficient (Wildman–Crippen LogP) is 1.90. The third-order valence-electron chi connectivity index (χ3n) is 3.08. The summed E-state index contributed by atoms with van der Waals surface area (Å²) in [6.45, 7) is 3.80. The fraction of sp³-hybridized carbons (Fsp3) is 0.250. The highest BCUT2D eigenvalue weighted by Crippen LogP contribution is 2.39. The molecular formula is C12H11NO. The molecule has 0 unspecified atom stereocenters. The highest BCUT2D eigenvalue weighted by Gasteiger charge is 2.40. The Kier molecular flexibility index (Phi) is 1.38. The van der Waals surface area contributed by atoms with Crippen molar-refractivity contribution in [1.82, 2.24) is 0 Å². The van der Waals surface area contributed by atoms with Crippen LogP contribution in [0.5, 0.6) is 0 Å². The minimum absolute atomic E-state index is 0.111. The Morgan fingerprint density at radius 2 is 2.07 bits per heavy atom. The van der Waals surface area contributed by atoms with Gasteiger partial charge in [-0.1, -0.05) is 24.8 Å². The molecular weight excluding hydrogens is 174 g/mol. The van der Waals surface area contributed by atoms with Crippen LogP contribution >= 0.6 is 0 Å². The molecule has 70 valence electrons. The molecule has 2 heterocycles. The average molecular weight is 185 g/mol. The first-order valence-electron chi connectivity index (χ1n) is 4.86. The molecule has 1 aromatic rings. The van der Waals surface area contributed by atoms with Crippen LogP contribution in [-0.4, -0.2) is 11.9 Å². The summed E-state index contributed by atoms with van der Waals surface area (Å²) in [6.07, 6.45) is 1.81.